The molecule has 0 aliphatic heterocycles. The van der Waals surface area contributed by atoms with Crippen molar-refractivity contribution in [2.24, 2.45) is 5.41 Å². The van der Waals surface area contributed by atoms with Crippen LogP contribution in [0.3, 0.4) is 0 Å². The Morgan fingerprint density at radius 1 is 1.00 bits per heavy atom. The Morgan fingerprint density at radius 3 is 1.92 bits per heavy atom. The molecule has 1 rings (SSSR count). The van der Waals surface area contributed by atoms with Crippen LogP contribution in [0.15, 0.2) is 30.3 Å². The van der Waals surface area contributed by atoms with Gasteiger partial charge in [-0.3, -0.25) is 0 Å². The van der Waals surface area contributed by atoms with Crippen LogP contribution in [0.25, 0.3) is 0 Å². The summed E-state index contributed by atoms with van der Waals surface area (Å²) in [7, 11) is -1.76. The zero-order valence-corrected chi connectivity index (χ0v) is 17.5. The Labute approximate surface area is 150 Å². The SMILES string of the molecule is CC(C)[Si](C#C[C@@](C)(CC=O)Cc1ccccc1)(C(C)C)C(C)C. The smallest absolute Gasteiger partial charge is 0.145 e. The van der Waals surface area contributed by atoms with Crippen LogP contribution in [0.2, 0.25) is 16.6 Å². The molecule has 24 heavy (non-hydrogen) atoms. The van der Waals surface area contributed by atoms with Gasteiger partial charge in [0.15, 0.2) is 0 Å². The largest absolute Gasteiger partial charge is 0.303 e. The van der Waals surface area contributed by atoms with Crippen LogP contribution in [0.5, 0.6) is 0 Å². The number of hydrogen-bond acceptors (Lipinski definition) is 1. The maximum Gasteiger partial charge on any atom is 0.145 e. The molecule has 0 spiro atoms. The Kier molecular flexibility index (Phi) is 7.48. The maximum atomic E-state index is 11.3. The zero-order valence-electron chi connectivity index (χ0n) is 16.5. The minimum Gasteiger partial charge on any atom is -0.303 e. The van der Waals surface area contributed by atoms with Crippen LogP contribution in [0, 0.1) is 16.9 Å². The summed E-state index contributed by atoms with van der Waals surface area (Å²) in [4.78, 5) is 11.3. The lowest BCUT2D eigenvalue weighted by Gasteiger charge is -2.38. The van der Waals surface area contributed by atoms with E-state index in [1.165, 1.54) is 5.56 Å². The summed E-state index contributed by atoms with van der Waals surface area (Å²) in [5.74, 6) is 3.61. The van der Waals surface area contributed by atoms with Gasteiger partial charge >= 0.3 is 0 Å². The molecule has 0 bridgehead atoms. The molecule has 0 aliphatic carbocycles. The van der Waals surface area contributed by atoms with E-state index in [1.54, 1.807) is 0 Å². The predicted molar refractivity (Wildman–Crippen MR) is 108 cm³/mol. The Hall–Kier alpha value is -1.33. The van der Waals surface area contributed by atoms with Gasteiger partial charge in [0.05, 0.1) is 0 Å². The van der Waals surface area contributed by atoms with Crippen LogP contribution in [-0.4, -0.2) is 14.4 Å². The maximum absolute atomic E-state index is 11.3. The molecule has 0 saturated heterocycles. The average molecular weight is 343 g/mol. The third-order valence-corrected chi connectivity index (χ3v) is 11.7. The molecule has 2 heteroatoms. The van der Waals surface area contributed by atoms with E-state index >= 15 is 0 Å². The zero-order chi connectivity index (χ0) is 18.4. The van der Waals surface area contributed by atoms with E-state index in [1.807, 2.05) is 6.07 Å². The first-order valence-corrected chi connectivity index (χ1v) is 11.4. The Balaban J connectivity index is 3.27. The van der Waals surface area contributed by atoms with E-state index in [4.69, 9.17) is 0 Å². The lowest BCUT2D eigenvalue weighted by Crippen LogP contribution is -2.43. The normalized spacial score (nSPS) is 14.4. The van der Waals surface area contributed by atoms with Crippen molar-refractivity contribution < 1.29 is 4.79 Å². The number of carbonyl (C=O) groups excluding carboxylic acids is 1. The molecular weight excluding hydrogens is 308 g/mol. The molecule has 0 amide bonds. The van der Waals surface area contributed by atoms with Gasteiger partial charge in [-0.2, -0.15) is 0 Å². The van der Waals surface area contributed by atoms with Gasteiger partial charge in [0.25, 0.3) is 0 Å². The third kappa shape index (κ3) is 4.83. The van der Waals surface area contributed by atoms with Gasteiger partial charge in [-0.25, -0.2) is 0 Å². The second kappa shape index (κ2) is 8.67. The van der Waals surface area contributed by atoms with Crippen LogP contribution >= 0.6 is 0 Å². The van der Waals surface area contributed by atoms with E-state index in [2.05, 4.69) is 84.2 Å². The highest BCUT2D eigenvalue weighted by molar-refractivity contribution is 6.90. The van der Waals surface area contributed by atoms with E-state index in [9.17, 15) is 4.79 Å². The quantitative estimate of drug-likeness (QED) is 0.335. The van der Waals surface area contributed by atoms with Crippen LogP contribution in [-0.2, 0) is 11.2 Å². The van der Waals surface area contributed by atoms with Crippen molar-refractivity contribution in [2.75, 3.05) is 0 Å². The van der Waals surface area contributed by atoms with Gasteiger partial charge in [-0.05, 0) is 35.5 Å². The fraction of sp³-hybridized carbons (Fsp3) is 0.591. The molecule has 1 aromatic carbocycles. The molecule has 0 saturated carbocycles. The molecule has 0 heterocycles. The topological polar surface area (TPSA) is 17.1 Å². The summed E-state index contributed by atoms with van der Waals surface area (Å²) in [5, 5.41) is 0. The van der Waals surface area contributed by atoms with Crippen molar-refractivity contribution in [1.29, 1.82) is 0 Å². The summed E-state index contributed by atoms with van der Waals surface area (Å²) in [6, 6.07) is 10.4. The molecule has 0 unspecified atom stereocenters. The third-order valence-electron chi connectivity index (χ3n) is 5.42. The van der Waals surface area contributed by atoms with Gasteiger partial charge in [0.2, 0.25) is 0 Å². The Morgan fingerprint density at radius 2 is 1.50 bits per heavy atom. The number of hydrogen-bond donors (Lipinski definition) is 0. The van der Waals surface area contributed by atoms with Crippen molar-refractivity contribution in [2.45, 2.75) is 77.9 Å². The van der Waals surface area contributed by atoms with Crippen LogP contribution < -0.4 is 0 Å². The van der Waals surface area contributed by atoms with Gasteiger partial charge in [0.1, 0.15) is 14.4 Å². The fourth-order valence-electron chi connectivity index (χ4n) is 4.09. The van der Waals surface area contributed by atoms with Gasteiger partial charge in [-0.15, -0.1) is 11.5 Å². The van der Waals surface area contributed by atoms with Gasteiger partial charge in [0, 0.05) is 11.8 Å². The molecule has 132 valence electrons. The predicted octanol–water partition coefficient (Wildman–Crippen LogP) is 6.05. The Bertz CT molecular complexity index is 555. The van der Waals surface area contributed by atoms with E-state index in [0.29, 0.717) is 23.0 Å². The van der Waals surface area contributed by atoms with Crippen molar-refractivity contribution in [1.82, 2.24) is 0 Å². The van der Waals surface area contributed by atoms with Crippen LogP contribution in [0.4, 0.5) is 0 Å². The standard InChI is InChI=1S/C22H34OSi/c1-18(2)24(19(3)4,20(5)6)16-14-22(7,13-15-23)17-21-11-9-8-10-12-21/h8-12,15,18-20H,13,17H2,1-7H3/t22-/m1/s1. The van der Waals surface area contributed by atoms with Crippen molar-refractivity contribution in [3.8, 4) is 11.5 Å². The summed E-state index contributed by atoms with van der Waals surface area (Å²) < 4.78 is 0. The van der Waals surface area contributed by atoms with Gasteiger partial charge < -0.3 is 4.79 Å². The molecular formula is C22H34OSi. The number of rotatable bonds is 7. The number of aldehydes is 1. The second-order valence-corrected chi connectivity index (χ2v) is 13.8. The highest BCUT2D eigenvalue weighted by Crippen LogP contribution is 2.41. The summed E-state index contributed by atoms with van der Waals surface area (Å²) in [5.41, 5.74) is 6.62. The van der Waals surface area contributed by atoms with E-state index in [-0.39, 0.29) is 5.41 Å². The van der Waals surface area contributed by atoms with E-state index < -0.39 is 8.07 Å². The summed E-state index contributed by atoms with van der Waals surface area (Å²) in [6.45, 7) is 16.1. The average Bonchev–Trinajstić information content (AvgIpc) is 2.47. The fourth-order valence-corrected chi connectivity index (χ4v) is 9.47. The first kappa shape index (κ1) is 20.7. The molecule has 0 radical (unpaired) electrons. The van der Waals surface area contributed by atoms with Crippen molar-refractivity contribution in [3.05, 3.63) is 35.9 Å². The highest BCUT2D eigenvalue weighted by Gasteiger charge is 2.42. The first-order chi connectivity index (χ1) is 11.2. The van der Waals surface area contributed by atoms with E-state index in [0.717, 1.165) is 12.7 Å². The number of carbonyl (C=O) groups is 1. The molecule has 0 N–H and O–H groups in total. The molecule has 0 aliphatic rings. The minimum atomic E-state index is -1.76. The second-order valence-electron chi connectivity index (χ2n) is 8.24. The monoisotopic (exact) mass is 342 g/mol. The van der Waals surface area contributed by atoms with Crippen LogP contribution in [0.1, 0.15) is 60.5 Å². The molecule has 1 nitrogen and oxygen atoms in total. The summed E-state index contributed by atoms with van der Waals surface area (Å²) in [6.07, 6.45) is 2.35. The first-order valence-electron chi connectivity index (χ1n) is 9.20. The molecule has 0 aromatic heterocycles. The molecule has 1 atom stereocenters. The highest BCUT2D eigenvalue weighted by atomic mass is 28.3. The minimum absolute atomic E-state index is 0.278. The molecule has 0 fully saturated rings. The summed E-state index contributed by atoms with van der Waals surface area (Å²) >= 11 is 0. The number of benzene rings is 1. The lowest BCUT2D eigenvalue weighted by atomic mass is 9.82. The van der Waals surface area contributed by atoms with Crippen molar-refractivity contribution in [3.63, 3.8) is 0 Å². The van der Waals surface area contributed by atoms with Gasteiger partial charge in [-0.1, -0.05) is 71.9 Å². The lowest BCUT2D eigenvalue weighted by molar-refractivity contribution is -0.109. The molecule has 1 aromatic rings. The van der Waals surface area contributed by atoms with Crippen molar-refractivity contribution >= 4 is 14.4 Å².